The molecule has 1 aromatic carbocycles. The summed E-state index contributed by atoms with van der Waals surface area (Å²) in [6.45, 7) is 0. The van der Waals surface area contributed by atoms with Gasteiger partial charge in [0.15, 0.2) is 0 Å². The summed E-state index contributed by atoms with van der Waals surface area (Å²) in [5.74, 6) is -0.253. The molecule has 0 saturated heterocycles. The zero-order valence-corrected chi connectivity index (χ0v) is 10.5. The van der Waals surface area contributed by atoms with Crippen LogP contribution in [0.4, 0.5) is 11.4 Å². The van der Waals surface area contributed by atoms with Crippen LogP contribution in [0.15, 0.2) is 24.3 Å². The van der Waals surface area contributed by atoms with Crippen LogP contribution in [0.5, 0.6) is 0 Å². The second kappa shape index (κ2) is 5.69. The number of hydrogen-bond acceptors (Lipinski definition) is 4. The van der Waals surface area contributed by atoms with Gasteiger partial charge in [0.2, 0.25) is 5.91 Å². The van der Waals surface area contributed by atoms with E-state index in [9.17, 15) is 14.9 Å². The number of hydrogen-bond donors (Lipinski definition) is 2. The molecule has 2 rings (SSSR count). The van der Waals surface area contributed by atoms with Crippen molar-refractivity contribution in [2.45, 2.75) is 31.7 Å². The first-order valence-electron chi connectivity index (χ1n) is 6.36. The molecule has 0 heterocycles. The summed E-state index contributed by atoms with van der Waals surface area (Å²) in [6, 6.07) is 6.72. The van der Waals surface area contributed by atoms with Crippen molar-refractivity contribution in [3.63, 3.8) is 0 Å². The Labute approximate surface area is 111 Å². The number of amides is 1. The van der Waals surface area contributed by atoms with E-state index in [2.05, 4.69) is 5.32 Å². The smallest absolute Gasteiger partial charge is 0.271 e. The Morgan fingerprint density at radius 1 is 1.32 bits per heavy atom. The van der Waals surface area contributed by atoms with Crippen molar-refractivity contribution >= 4 is 17.3 Å². The number of carbonyl (C=O) groups is 1. The highest BCUT2D eigenvalue weighted by Crippen LogP contribution is 2.27. The number of nitrogens with zero attached hydrogens (tertiary/aromatic N) is 1. The minimum absolute atomic E-state index is 0.0249. The Kier molecular flexibility index (Phi) is 3.99. The number of nitrogens with one attached hydrogen (secondary N) is 1. The van der Waals surface area contributed by atoms with Crippen molar-refractivity contribution in [1.29, 1.82) is 0 Å². The molecule has 0 radical (unpaired) electrons. The molecule has 6 heteroatoms. The van der Waals surface area contributed by atoms with Crippen LogP contribution in [0.25, 0.3) is 0 Å². The van der Waals surface area contributed by atoms with Crippen molar-refractivity contribution in [3.05, 3.63) is 34.4 Å². The van der Waals surface area contributed by atoms with Crippen LogP contribution in [-0.2, 0) is 4.79 Å². The van der Waals surface area contributed by atoms with E-state index in [0.717, 1.165) is 31.4 Å². The zero-order chi connectivity index (χ0) is 13.8. The molecule has 0 unspecified atom stereocenters. The summed E-state index contributed by atoms with van der Waals surface area (Å²) >= 11 is 0. The second-order valence-electron chi connectivity index (χ2n) is 4.90. The van der Waals surface area contributed by atoms with Crippen LogP contribution in [0, 0.1) is 16.0 Å². The van der Waals surface area contributed by atoms with E-state index in [4.69, 9.17) is 5.73 Å². The lowest BCUT2D eigenvalue weighted by atomic mass is 9.85. The molecular formula is C13H17N3O3. The molecule has 102 valence electrons. The van der Waals surface area contributed by atoms with Gasteiger partial charge in [-0.2, -0.15) is 0 Å². The molecule has 1 fully saturated rings. The fourth-order valence-electron chi connectivity index (χ4n) is 2.47. The third kappa shape index (κ3) is 3.43. The molecule has 6 nitrogen and oxygen atoms in total. The van der Waals surface area contributed by atoms with Crippen molar-refractivity contribution in [3.8, 4) is 0 Å². The molecule has 19 heavy (non-hydrogen) atoms. The molecule has 1 aliphatic rings. The number of nitrogens with two attached hydrogens (primary N) is 1. The minimum atomic E-state index is -0.408. The van der Waals surface area contributed by atoms with Gasteiger partial charge in [0.25, 0.3) is 5.69 Å². The van der Waals surface area contributed by atoms with E-state index >= 15 is 0 Å². The Balaban J connectivity index is 1.94. The van der Waals surface area contributed by atoms with E-state index in [1.807, 2.05) is 6.07 Å². The lowest BCUT2D eigenvalue weighted by Crippen LogP contribution is -2.32. The molecule has 0 bridgehead atoms. The summed E-state index contributed by atoms with van der Waals surface area (Å²) < 4.78 is 0. The quantitative estimate of drug-likeness (QED) is 0.641. The van der Waals surface area contributed by atoms with Crippen molar-refractivity contribution < 1.29 is 9.72 Å². The van der Waals surface area contributed by atoms with Crippen molar-refractivity contribution in [2.75, 3.05) is 5.32 Å². The Morgan fingerprint density at radius 2 is 2.00 bits per heavy atom. The standard InChI is InChI=1S/C13H17N3O3/c14-13(17)9-4-6-10(7-5-9)15-11-2-1-3-12(8-11)16(18)19/h1-3,8-10,15H,4-7H2,(H2,14,17). The maximum Gasteiger partial charge on any atom is 0.271 e. The SMILES string of the molecule is NC(=O)C1CCC(Nc2cccc([N+](=O)[O-])c2)CC1. The summed E-state index contributed by atoms with van der Waals surface area (Å²) in [4.78, 5) is 21.3. The van der Waals surface area contributed by atoms with Gasteiger partial charge >= 0.3 is 0 Å². The number of non-ortho nitro benzene ring substituents is 1. The van der Waals surface area contributed by atoms with E-state index in [1.165, 1.54) is 12.1 Å². The van der Waals surface area contributed by atoms with E-state index < -0.39 is 4.92 Å². The van der Waals surface area contributed by atoms with Crippen LogP contribution in [0.3, 0.4) is 0 Å². The first-order chi connectivity index (χ1) is 9.06. The highest BCUT2D eigenvalue weighted by atomic mass is 16.6. The summed E-state index contributed by atoms with van der Waals surface area (Å²) in [7, 11) is 0. The number of benzene rings is 1. The maximum atomic E-state index is 11.1. The molecular weight excluding hydrogens is 246 g/mol. The fourth-order valence-corrected chi connectivity index (χ4v) is 2.47. The first-order valence-corrected chi connectivity index (χ1v) is 6.36. The van der Waals surface area contributed by atoms with E-state index in [1.54, 1.807) is 6.07 Å². The molecule has 1 aliphatic carbocycles. The molecule has 1 saturated carbocycles. The van der Waals surface area contributed by atoms with Crippen LogP contribution in [0.2, 0.25) is 0 Å². The number of nitro groups is 1. The average Bonchev–Trinajstić information content (AvgIpc) is 2.39. The Hall–Kier alpha value is -2.11. The lowest BCUT2D eigenvalue weighted by molar-refractivity contribution is -0.384. The molecule has 0 aliphatic heterocycles. The Morgan fingerprint density at radius 3 is 2.58 bits per heavy atom. The predicted molar refractivity (Wildman–Crippen MR) is 71.7 cm³/mol. The van der Waals surface area contributed by atoms with Crippen LogP contribution >= 0.6 is 0 Å². The van der Waals surface area contributed by atoms with Crippen molar-refractivity contribution in [2.24, 2.45) is 11.7 Å². The topological polar surface area (TPSA) is 98.3 Å². The Bertz CT molecular complexity index is 482. The van der Waals surface area contributed by atoms with Gasteiger partial charge in [0.1, 0.15) is 0 Å². The maximum absolute atomic E-state index is 11.1. The number of anilines is 1. The van der Waals surface area contributed by atoms with E-state index in [-0.39, 0.29) is 23.6 Å². The van der Waals surface area contributed by atoms with Gasteiger partial charge in [-0.3, -0.25) is 14.9 Å². The average molecular weight is 263 g/mol. The predicted octanol–water partition coefficient (Wildman–Crippen LogP) is 2.05. The first kappa shape index (κ1) is 13.3. The van der Waals surface area contributed by atoms with Crippen LogP contribution in [-0.4, -0.2) is 16.9 Å². The summed E-state index contributed by atoms with van der Waals surface area (Å²) in [5, 5.41) is 14.0. The molecule has 0 spiro atoms. The largest absolute Gasteiger partial charge is 0.382 e. The van der Waals surface area contributed by atoms with Crippen LogP contribution in [0.1, 0.15) is 25.7 Å². The number of carbonyl (C=O) groups excluding carboxylic acids is 1. The fraction of sp³-hybridized carbons (Fsp3) is 0.462. The van der Waals surface area contributed by atoms with Gasteiger partial charge in [-0.25, -0.2) is 0 Å². The van der Waals surface area contributed by atoms with Gasteiger partial charge in [-0.15, -0.1) is 0 Å². The number of primary amides is 1. The number of nitro benzene ring substituents is 1. The highest BCUT2D eigenvalue weighted by Gasteiger charge is 2.24. The van der Waals surface area contributed by atoms with Gasteiger partial charge < -0.3 is 11.1 Å². The third-order valence-corrected chi connectivity index (χ3v) is 3.56. The van der Waals surface area contributed by atoms with Gasteiger partial charge in [0.05, 0.1) is 4.92 Å². The molecule has 3 N–H and O–H groups in total. The minimum Gasteiger partial charge on any atom is -0.382 e. The normalized spacial score (nSPS) is 22.7. The summed E-state index contributed by atoms with van der Waals surface area (Å²) in [5.41, 5.74) is 6.11. The van der Waals surface area contributed by atoms with Gasteiger partial charge in [-0.05, 0) is 31.7 Å². The second-order valence-corrected chi connectivity index (χ2v) is 4.90. The van der Waals surface area contributed by atoms with Gasteiger partial charge in [0, 0.05) is 29.8 Å². The third-order valence-electron chi connectivity index (χ3n) is 3.56. The molecule has 1 aromatic rings. The van der Waals surface area contributed by atoms with E-state index in [0.29, 0.717) is 0 Å². The zero-order valence-electron chi connectivity index (χ0n) is 10.5. The molecule has 0 atom stereocenters. The monoisotopic (exact) mass is 263 g/mol. The molecule has 0 aromatic heterocycles. The van der Waals surface area contributed by atoms with Crippen LogP contribution < -0.4 is 11.1 Å². The molecule has 1 amide bonds. The highest BCUT2D eigenvalue weighted by molar-refractivity contribution is 5.76. The number of rotatable bonds is 4. The summed E-state index contributed by atoms with van der Waals surface area (Å²) in [6.07, 6.45) is 3.27. The van der Waals surface area contributed by atoms with Crippen molar-refractivity contribution in [1.82, 2.24) is 0 Å². The van der Waals surface area contributed by atoms with Gasteiger partial charge in [-0.1, -0.05) is 6.07 Å². The lowest BCUT2D eigenvalue weighted by Gasteiger charge is -2.28.